The van der Waals surface area contributed by atoms with Crippen LogP contribution in [0, 0.1) is 0 Å². The molecule has 136 valence electrons. The van der Waals surface area contributed by atoms with Crippen LogP contribution < -0.4 is 11.1 Å². The van der Waals surface area contributed by atoms with Crippen LogP contribution >= 0.6 is 0 Å². The number of nitrogens with zero attached hydrogens (tertiary/aromatic N) is 2. The molecular weight excluding hydrogens is 348 g/mol. The van der Waals surface area contributed by atoms with Crippen LogP contribution in [0.1, 0.15) is 16.1 Å². The fourth-order valence-electron chi connectivity index (χ4n) is 2.58. The molecule has 3 aromatic rings. The summed E-state index contributed by atoms with van der Waals surface area (Å²) in [7, 11) is 0. The molecule has 1 aromatic carbocycles. The van der Waals surface area contributed by atoms with Crippen molar-refractivity contribution in [2.24, 2.45) is 5.73 Å². The van der Waals surface area contributed by atoms with Crippen molar-refractivity contribution in [1.29, 1.82) is 0 Å². The molecule has 0 bridgehead atoms. The van der Waals surface area contributed by atoms with Gasteiger partial charge in [-0.25, -0.2) is 4.98 Å². The highest BCUT2D eigenvalue weighted by molar-refractivity contribution is 6.38. The Morgan fingerprint density at radius 2 is 1.78 bits per heavy atom. The molecular formula is C19H16N4O4. The van der Waals surface area contributed by atoms with Gasteiger partial charge in [0.1, 0.15) is 11.7 Å². The number of Topliss-reactive ketones (excluding diaryl/α,β-unsaturated/α-hetero) is 1. The second kappa shape index (κ2) is 8.05. The van der Waals surface area contributed by atoms with E-state index >= 15 is 0 Å². The number of oxazole rings is 1. The first-order valence-electron chi connectivity index (χ1n) is 8.08. The highest BCUT2D eigenvalue weighted by Crippen LogP contribution is 2.21. The molecule has 0 saturated heterocycles. The van der Waals surface area contributed by atoms with Gasteiger partial charge in [-0.15, -0.1) is 0 Å². The van der Waals surface area contributed by atoms with Crippen LogP contribution in [0.4, 0.5) is 0 Å². The Labute approximate surface area is 154 Å². The van der Waals surface area contributed by atoms with E-state index < -0.39 is 23.6 Å². The number of nitrogens with two attached hydrogens (primary N) is 1. The van der Waals surface area contributed by atoms with Crippen LogP contribution in [-0.2, 0) is 16.0 Å². The minimum atomic E-state index is -1.12. The van der Waals surface area contributed by atoms with Gasteiger partial charge in [0.2, 0.25) is 11.5 Å². The van der Waals surface area contributed by atoms with Gasteiger partial charge in [0, 0.05) is 24.4 Å². The maximum atomic E-state index is 12.7. The van der Waals surface area contributed by atoms with E-state index in [-0.39, 0.29) is 12.2 Å². The van der Waals surface area contributed by atoms with Crippen molar-refractivity contribution in [2.75, 3.05) is 0 Å². The lowest BCUT2D eigenvalue weighted by molar-refractivity contribution is -0.137. The van der Waals surface area contributed by atoms with Crippen LogP contribution in [0.3, 0.4) is 0 Å². The molecule has 8 nitrogen and oxygen atoms in total. The highest BCUT2D eigenvalue weighted by Gasteiger charge is 2.28. The minimum Gasteiger partial charge on any atom is -0.438 e. The van der Waals surface area contributed by atoms with Crippen molar-refractivity contribution in [1.82, 2.24) is 15.3 Å². The molecule has 2 amide bonds. The summed E-state index contributed by atoms with van der Waals surface area (Å²) in [4.78, 5) is 44.2. The largest absolute Gasteiger partial charge is 0.438 e. The van der Waals surface area contributed by atoms with Crippen LogP contribution in [0.15, 0.2) is 65.7 Å². The number of carbonyl (C=O) groups excluding carboxylic acids is 3. The average Bonchev–Trinajstić information content (AvgIpc) is 3.18. The Hall–Kier alpha value is -3.81. The van der Waals surface area contributed by atoms with Gasteiger partial charge in [0.15, 0.2) is 6.39 Å². The van der Waals surface area contributed by atoms with E-state index in [9.17, 15) is 14.4 Å². The summed E-state index contributed by atoms with van der Waals surface area (Å²) >= 11 is 0. The Balaban J connectivity index is 1.84. The average molecular weight is 364 g/mol. The third-order valence-electron chi connectivity index (χ3n) is 3.87. The summed E-state index contributed by atoms with van der Waals surface area (Å²) in [5.74, 6) is -2.76. The molecule has 0 aliphatic heterocycles. The summed E-state index contributed by atoms with van der Waals surface area (Å²) < 4.78 is 5.20. The summed E-state index contributed by atoms with van der Waals surface area (Å²) in [6.07, 6.45) is 4.36. The second-order valence-corrected chi connectivity index (χ2v) is 5.71. The molecule has 1 atom stereocenters. The van der Waals surface area contributed by atoms with E-state index in [0.717, 1.165) is 12.0 Å². The van der Waals surface area contributed by atoms with Gasteiger partial charge in [0.25, 0.3) is 11.8 Å². The second-order valence-electron chi connectivity index (χ2n) is 5.71. The van der Waals surface area contributed by atoms with Gasteiger partial charge in [-0.1, -0.05) is 30.3 Å². The predicted molar refractivity (Wildman–Crippen MR) is 95.3 cm³/mol. The lowest BCUT2D eigenvalue weighted by atomic mass is 10.0. The number of rotatable bonds is 7. The first-order chi connectivity index (χ1) is 13.1. The maximum absolute atomic E-state index is 12.7. The molecule has 2 aromatic heterocycles. The topological polar surface area (TPSA) is 128 Å². The Morgan fingerprint density at radius 3 is 2.44 bits per heavy atom. The smallest absolute Gasteiger partial charge is 0.289 e. The number of carbonyl (C=O) groups is 3. The quantitative estimate of drug-likeness (QED) is 0.605. The molecule has 3 N–H and O–H groups in total. The molecule has 3 rings (SSSR count). The van der Waals surface area contributed by atoms with Gasteiger partial charge in [-0.05, 0) is 17.7 Å². The molecule has 27 heavy (non-hydrogen) atoms. The van der Waals surface area contributed by atoms with Crippen molar-refractivity contribution >= 4 is 17.6 Å². The number of benzene rings is 1. The molecule has 1 unspecified atom stereocenters. The Morgan fingerprint density at radius 1 is 1.07 bits per heavy atom. The highest BCUT2D eigenvalue weighted by atomic mass is 16.3. The Bertz CT molecular complexity index is 954. The van der Waals surface area contributed by atoms with Gasteiger partial charge < -0.3 is 15.5 Å². The van der Waals surface area contributed by atoms with Crippen LogP contribution in [-0.4, -0.2) is 33.6 Å². The minimum absolute atomic E-state index is 0.0727. The molecule has 8 heteroatoms. The predicted octanol–water partition coefficient (Wildman–Crippen LogP) is 1.13. The third kappa shape index (κ3) is 4.24. The van der Waals surface area contributed by atoms with Crippen molar-refractivity contribution in [3.63, 3.8) is 0 Å². The van der Waals surface area contributed by atoms with Crippen LogP contribution in [0.25, 0.3) is 11.3 Å². The standard InChI is InChI=1S/C19H16N4O4/c20-18(25)16(24)14(10-12-4-2-1-3-5-12)23-19(26)17-15(22-11-27-17)13-6-8-21-9-7-13/h1-9,11,14H,10H2,(H2,20,25)(H,23,26). The van der Waals surface area contributed by atoms with Gasteiger partial charge in [-0.2, -0.15) is 0 Å². The van der Waals surface area contributed by atoms with Gasteiger partial charge in [-0.3, -0.25) is 19.4 Å². The van der Waals surface area contributed by atoms with E-state index in [1.54, 1.807) is 48.8 Å². The molecule has 2 heterocycles. The van der Waals surface area contributed by atoms with E-state index in [0.29, 0.717) is 11.3 Å². The Kier molecular flexibility index (Phi) is 5.36. The number of aromatic nitrogens is 2. The summed E-state index contributed by atoms with van der Waals surface area (Å²) in [6.45, 7) is 0. The van der Waals surface area contributed by atoms with E-state index in [1.165, 1.54) is 0 Å². The normalized spacial score (nSPS) is 11.6. The van der Waals surface area contributed by atoms with Crippen LogP contribution in [0.5, 0.6) is 0 Å². The van der Waals surface area contributed by atoms with Crippen LogP contribution in [0.2, 0.25) is 0 Å². The van der Waals surface area contributed by atoms with Crippen molar-refractivity contribution in [2.45, 2.75) is 12.5 Å². The number of primary amides is 1. The zero-order valence-electron chi connectivity index (χ0n) is 14.2. The zero-order chi connectivity index (χ0) is 19.2. The monoisotopic (exact) mass is 364 g/mol. The molecule has 0 aliphatic rings. The fraction of sp³-hybridized carbons (Fsp3) is 0.105. The van der Waals surface area contributed by atoms with Crippen molar-refractivity contribution < 1.29 is 18.8 Å². The molecule has 0 radical (unpaired) electrons. The lowest BCUT2D eigenvalue weighted by Gasteiger charge is -2.16. The number of nitrogens with one attached hydrogen (secondary N) is 1. The molecule has 0 spiro atoms. The third-order valence-corrected chi connectivity index (χ3v) is 3.87. The number of hydrogen-bond donors (Lipinski definition) is 2. The van der Waals surface area contributed by atoms with Gasteiger partial charge in [0.05, 0.1) is 0 Å². The van der Waals surface area contributed by atoms with Crippen molar-refractivity contribution in [3.05, 3.63) is 72.6 Å². The number of amides is 2. The number of hydrogen-bond acceptors (Lipinski definition) is 6. The van der Waals surface area contributed by atoms with Crippen molar-refractivity contribution in [3.8, 4) is 11.3 Å². The first kappa shape index (κ1) is 18.0. The van der Waals surface area contributed by atoms with E-state index in [4.69, 9.17) is 10.2 Å². The fourth-order valence-corrected chi connectivity index (χ4v) is 2.58. The summed E-state index contributed by atoms with van der Waals surface area (Å²) in [6, 6.07) is 11.2. The molecule has 0 fully saturated rings. The van der Waals surface area contributed by atoms with Gasteiger partial charge >= 0.3 is 0 Å². The lowest BCUT2D eigenvalue weighted by Crippen LogP contribution is -2.47. The summed E-state index contributed by atoms with van der Waals surface area (Å²) in [5.41, 5.74) is 6.83. The number of pyridine rings is 1. The summed E-state index contributed by atoms with van der Waals surface area (Å²) in [5, 5.41) is 2.52. The SMILES string of the molecule is NC(=O)C(=O)C(Cc1ccccc1)NC(=O)c1ocnc1-c1ccncc1. The first-order valence-corrected chi connectivity index (χ1v) is 8.08. The number of ketones is 1. The zero-order valence-corrected chi connectivity index (χ0v) is 14.2. The molecule has 0 aliphatic carbocycles. The molecule has 0 saturated carbocycles. The van der Waals surface area contributed by atoms with E-state index in [1.807, 2.05) is 6.07 Å². The maximum Gasteiger partial charge on any atom is 0.289 e. The van der Waals surface area contributed by atoms with E-state index in [2.05, 4.69) is 15.3 Å².